The van der Waals surface area contributed by atoms with Crippen molar-refractivity contribution in [3.8, 4) is 11.4 Å². The highest BCUT2D eigenvalue weighted by atomic mass is 32.1. The van der Waals surface area contributed by atoms with E-state index in [1.807, 2.05) is 21.7 Å². The van der Waals surface area contributed by atoms with Crippen molar-refractivity contribution in [2.75, 3.05) is 13.1 Å². The average molecular weight is 331 g/mol. The molecule has 5 nitrogen and oxygen atoms in total. The molecule has 0 bridgehead atoms. The minimum atomic E-state index is 0.335. The number of piperidine rings is 1. The van der Waals surface area contributed by atoms with E-state index in [0.717, 1.165) is 44.3 Å². The Labute approximate surface area is 139 Å². The fourth-order valence-electron chi connectivity index (χ4n) is 3.25. The van der Waals surface area contributed by atoms with E-state index in [2.05, 4.69) is 10.1 Å². The van der Waals surface area contributed by atoms with Crippen molar-refractivity contribution >= 4 is 17.2 Å². The van der Waals surface area contributed by atoms with Gasteiger partial charge in [-0.2, -0.15) is 16.3 Å². The van der Waals surface area contributed by atoms with E-state index in [9.17, 15) is 4.79 Å². The molecule has 4 rings (SSSR count). The van der Waals surface area contributed by atoms with Crippen LogP contribution in [0.3, 0.4) is 0 Å². The van der Waals surface area contributed by atoms with Gasteiger partial charge < -0.3 is 9.42 Å². The van der Waals surface area contributed by atoms with Crippen LogP contribution in [0, 0.1) is 11.8 Å². The number of nitrogens with zero attached hydrogens (tertiary/aromatic N) is 3. The largest absolute Gasteiger partial charge is 0.342 e. The summed E-state index contributed by atoms with van der Waals surface area (Å²) in [6, 6.07) is 2.00. The Morgan fingerprint density at radius 3 is 3.04 bits per heavy atom. The molecule has 0 N–H and O–H groups in total. The molecule has 0 spiro atoms. The first kappa shape index (κ1) is 14.9. The topological polar surface area (TPSA) is 59.2 Å². The van der Waals surface area contributed by atoms with Gasteiger partial charge in [0.1, 0.15) is 0 Å². The van der Waals surface area contributed by atoms with Crippen LogP contribution in [0.1, 0.15) is 38.0 Å². The first-order valence-corrected chi connectivity index (χ1v) is 9.35. The second-order valence-electron chi connectivity index (χ2n) is 6.72. The molecule has 1 atom stereocenters. The molecule has 0 radical (unpaired) electrons. The van der Waals surface area contributed by atoms with Crippen LogP contribution in [0.4, 0.5) is 0 Å². The zero-order valence-electron chi connectivity index (χ0n) is 13.1. The van der Waals surface area contributed by atoms with E-state index in [1.165, 1.54) is 12.8 Å². The Hall–Kier alpha value is -1.69. The van der Waals surface area contributed by atoms with E-state index in [1.54, 1.807) is 11.3 Å². The summed E-state index contributed by atoms with van der Waals surface area (Å²) >= 11 is 1.63. The van der Waals surface area contributed by atoms with Gasteiger partial charge in [0.05, 0.1) is 0 Å². The quantitative estimate of drug-likeness (QED) is 0.843. The van der Waals surface area contributed by atoms with Gasteiger partial charge in [-0.1, -0.05) is 5.16 Å². The molecule has 2 fully saturated rings. The number of aromatic nitrogens is 2. The monoisotopic (exact) mass is 331 g/mol. The normalized spacial score (nSPS) is 21.6. The van der Waals surface area contributed by atoms with E-state index in [-0.39, 0.29) is 0 Å². The summed E-state index contributed by atoms with van der Waals surface area (Å²) < 4.78 is 5.40. The van der Waals surface area contributed by atoms with Crippen molar-refractivity contribution < 1.29 is 9.32 Å². The van der Waals surface area contributed by atoms with Gasteiger partial charge in [-0.15, -0.1) is 0 Å². The third-order valence-electron chi connectivity index (χ3n) is 4.74. The van der Waals surface area contributed by atoms with Gasteiger partial charge in [0.2, 0.25) is 17.6 Å². The van der Waals surface area contributed by atoms with Crippen LogP contribution in [0.15, 0.2) is 21.3 Å². The van der Waals surface area contributed by atoms with Gasteiger partial charge in [0.25, 0.3) is 0 Å². The Morgan fingerprint density at radius 2 is 2.26 bits per heavy atom. The van der Waals surface area contributed by atoms with Gasteiger partial charge in [0, 0.05) is 36.9 Å². The molecule has 1 aliphatic heterocycles. The SMILES string of the molecule is O=C(CC1CC1)N1CCCC(Cc2nc(-c3ccsc3)no2)C1. The minimum absolute atomic E-state index is 0.335. The van der Waals surface area contributed by atoms with Gasteiger partial charge in [-0.3, -0.25) is 4.79 Å². The predicted molar refractivity (Wildman–Crippen MR) is 88.0 cm³/mol. The van der Waals surface area contributed by atoms with Crippen molar-refractivity contribution in [2.45, 2.75) is 38.5 Å². The van der Waals surface area contributed by atoms with Crippen molar-refractivity contribution in [2.24, 2.45) is 11.8 Å². The summed E-state index contributed by atoms with van der Waals surface area (Å²) in [6.45, 7) is 1.74. The fourth-order valence-corrected chi connectivity index (χ4v) is 3.88. The van der Waals surface area contributed by atoms with E-state index in [0.29, 0.717) is 29.5 Å². The van der Waals surface area contributed by atoms with Gasteiger partial charge >= 0.3 is 0 Å². The first-order chi connectivity index (χ1) is 11.3. The minimum Gasteiger partial charge on any atom is -0.342 e. The fraction of sp³-hybridized carbons (Fsp3) is 0.588. The van der Waals surface area contributed by atoms with E-state index in [4.69, 9.17) is 4.52 Å². The molecule has 0 aromatic carbocycles. The summed E-state index contributed by atoms with van der Waals surface area (Å²) in [5.41, 5.74) is 1.01. The van der Waals surface area contributed by atoms with Crippen LogP contribution in [0.25, 0.3) is 11.4 Å². The van der Waals surface area contributed by atoms with Crippen LogP contribution < -0.4 is 0 Å². The van der Waals surface area contributed by atoms with Crippen molar-refractivity contribution in [1.82, 2.24) is 15.0 Å². The summed E-state index contributed by atoms with van der Waals surface area (Å²) in [6.07, 6.45) is 6.18. The third-order valence-corrected chi connectivity index (χ3v) is 5.43. The van der Waals surface area contributed by atoms with Crippen LogP contribution in [0.2, 0.25) is 0 Å². The lowest BCUT2D eigenvalue weighted by atomic mass is 9.94. The number of likely N-dealkylation sites (tertiary alicyclic amines) is 1. The number of amides is 1. The zero-order chi connectivity index (χ0) is 15.6. The molecular formula is C17H21N3O2S. The molecule has 2 aromatic heterocycles. The first-order valence-electron chi connectivity index (χ1n) is 8.41. The lowest BCUT2D eigenvalue weighted by Crippen LogP contribution is -2.40. The Morgan fingerprint density at radius 1 is 1.35 bits per heavy atom. The van der Waals surface area contributed by atoms with E-state index < -0.39 is 0 Å². The van der Waals surface area contributed by atoms with Crippen LogP contribution >= 0.6 is 11.3 Å². The molecule has 1 saturated heterocycles. The lowest BCUT2D eigenvalue weighted by molar-refractivity contribution is -0.133. The second-order valence-corrected chi connectivity index (χ2v) is 7.50. The second kappa shape index (κ2) is 6.43. The lowest BCUT2D eigenvalue weighted by Gasteiger charge is -2.32. The van der Waals surface area contributed by atoms with Crippen molar-refractivity contribution in [3.63, 3.8) is 0 Å². The molecular weight excluding hydrogens is 310 g/mol. The van der Waals surface area contributed by atoms with Gasteiger partial charge in [-0.05, 0) is 49.0 Å². The van der Waals surface area contributed by atoms with E-state index >= 15 is 0 Å². The van der Waals surface area contributed by atoms with Crippen molar-refractivity contribution in [3.05, 3.63) is 22.7 Å². The van der Waals surface area contributed by atoms with Gasteiger partial charge in [-0.25, -0.2) is 0 Å². The summed E-state index contributed by atoms with van der Waals surface area (Å²) in [7, 11) is 0. The number of carbonyl (C=O) groups excluding carboxylic acids is 1. The molecule has 1 saturated carbocycles. The average Bonchev–Trinajstić information content (AvgIpc) is 3.04. The predicted octanol–water partition coefficient (Wildman–Crippen LogP) is 3.38. The standard InChI is InChI=1S/C17H21N3O2S/c21-16(9-12-3-4-12)20-6-1-2-13(10-20)8-15-18-17(19-22-15)14-5-7-23-11-14/h5,7,11-13H,1-4,6,8-10H2. The van der Waals surface area contributed by atoms with Crippen LogP contribution in [-0.2, 0) is 11.2 Å². The summed E-state index contributed by atoms with van der Waals surface area (Å²) in [4.78, 5) is 18.8. The Bertz CT molecular complexity index is 663. The zero-order valence-corrected chi connectivity index (χ0v) is 13.9. The molecule has 23 heavy (non-hydrogen) atoms. The number of carbonyl (C=O) groups is 1. The summed E-state index contributed by atoms with van der Waals surface area (Å²) in [5, 5.41) is 8.10. The van der Waals surface area contributed by atoms with Crippen molar-refractivity contribution in [1.29, 1.82) is 0 Å². The molecule has 122 valence electrons. The maximum absolute atomic E-state index is 12.3. The molecule has 1 unspecified atom stereocenters. The number of rotatable bonds is 5. The Kier molecular flexibility index (Phi) is 4.16. The highest BCUT2D eigenvalue weighted by Gasteiger charge is 2.30. The molecule has 2 aromatic rings. The Balaban J connectivity index is 1.35. The molecule has 6 heteroatoms. The maximum atomic E-state index is 12.3. The molecule has 1 amide bonds. The molecule has 1 aliphatic carbocycles. The number of hydrogen-bond acceptors (Lipinski definition) is 5. The molecule has 2 aliphatic rings. The van der Waals surface area contributed by atoms with Crippen LogP contribution in [-0.4, -0.2) is 34.0 Å². The number of hydrogen-bond donors (Lipinski definition) is 0. The highest BCUT2D eigenvalue weighted by molar-refractivity contribution is 7.08. The summed E-state index contributed by atoms with van der Waals surface area (Å²) in [5.74, 6) is 2.78. The van der Waals surface area contributed by atoms with Gasteiger partial charge in [0.15, 0.2) is 0 Å². The number of thiophene rings is 1. The smallest absolute Gasteiger partial charge is 0.227 e. The highest BCUT2D eigenvalue weighted by Crippen LogP contribution is 2.33. The maximum Gasteiger partial charge on any atom is 0.227 e. The third kappa shape index (κ3) is 3.63. The molecule has 3 heterocycles. The van der Waals surface area contributed by atoms with Crippen LogP contribution in [0.5, 0.6) is 0 Å².